The summed E-state index contributed by atoms with van der Waals surface area (Å²) in [4.78, 5) is 21.7. The number of alkyl halides is 3. The summed E-state index contributed by atoms with van der Waals surface area (Å²) in [6, 6.07) is 10.3. The molecule has 238 valence electrons. The van der Waals surface area contributed by atoms with Gasteiger partial charge in [0, 0.05) is 36.3 Å². The van der Waals surface area contributed by atoms with Crippen LogP contribution in [0, 0.1) is 11.3 Å². The molecule has 2 fully saturated rings. The maximum Gasteiger partial charge on any atom is 0.394 e. The van der Waals surface area contributed by atoms with Crippen molar-refractivity contribution in [3.8, 4) is 11.7 Å². The van der Waals surface area contributed by atoms with Gasteiger partial charge in [0.05, 0.1) is 17.6 Å². The van der Waals surface area contributed by atoms with Crippen LogP contribution in [0.3, 0.4) is 0 Å². The van der Waals surface area contributed by atoms with Gasteiger partial charge in [-0.15, -0.1) is 5.10 Å². The number of aromatic nitrogens is 4. The standard InChI is InChI=1S/C30H37ClF3N7O2S/c1-28(2)18-20(19-36-28)6-4-15-35-22-7-3-8-25(37-22)44-40-27(42)21-9-10-23(38-26(21)31)41-16-11-24(39-41)43-17-5-12-29(13-14-29)30(32,33)34/h3,7-11,16,20,36H,4-6,12-15,17-19H2,1-2H3,(H,35,37)(H,40,42). The zero-order valence-corrected chi connectivity index (χ0v) is 26.3. The molecule has 1 unspecified atom stereocenters. The lowest BCUT2D eigenvalue weighted by Crippen LogP contribution is -2.31. The van der Waals surface area contributed by atoms with Crippen molar-refractivity contribution in [3.05, 3.63) is 53.3 Å². The highest BCUT2D eigenvalue weighted by Crippen LogP contribution is 2.60. The Labute approximate surface area is 264 Å². The molecule has 3 aromatic rings. The Morgan fingerprint density at radius 3 is 2.70 bits per heavy atom. The van der Waals surface area contributed by atoms with Gasteiger partial charge in [0.1, 0.15) is 16.0 Å². The van der Waals surface area contributed by atoms with Crippen molar-refractivity contribution in [3.63, 3.8) is 0 Å². The lowest BCUT2D eigenvalue weighted by atomic mass is 9.94. The summed E-state index contributed by atoms with van der Waals surface area (Å²) in [5, 5.41) is 11.8. The molecule has 0 spiro atoms. The zero-order valence-electron chi connectivity index (χ0n) is 24.7. The van der Waals surface area contributed by atoms with E-state index >= 15 is 0 Å². The number of nitrogens with zero attached hydrogens (tertiary/aromatic N) is 4. The van der Waals surface area contributed by atoms with Crippen LogP contribution in [0.5, 0.6) is 5.88 Å². The maximum atomic E-state index is 13.1. The summed E-state index contributed by atoms with van der Waals surface area (Å²) in [5.74, 6) is 1.64. The topological polar surface area (TPSA) is 106 Å². The third-order valence-corrected chi connectivity index (χ3v) is 9.13. The number of hydrogen-bond donors (Lipinski definition) is 3. The van der Waals surface area contributed by atoms with Crippen molar-refractivity contribution in [1.29, 1.82) is 0 Å². The van der Waals surface area contributed by atoms with Crippen molar-refractivity contribution in [2.75, 3.05) is 25.0 Å². The molecule has 5 rings (SSSR count). The lowest BCUT2D eigenvalue weighted by molar-refractivity contribution is -0.189. The molecule has 1 atom stereocenters. The smallest absolute Gasteiger partial charge is 0.394 e. The van der Waals surface area contributed by atoms with E-state index in [9.17, 15) is 18.0 Å². The van der Waals surface area contributed by atoms with E-state index in [0.29, 0.717) is 16.8 Å². The van der Waals surface area contributed by atoms with Gasteiger partial charge in [-0.25, -0.2) is 14.6 Å². The Bertz CT molecular complexity index is 1450. The SMILES string of the molecule is CC1(C)CC(CCCNc2cccc(SNC(=O)c3ccc(-n4ccc(OCCCC5(C(F)(F)F)CC5)n4)nc3Cl)n2)CN1. The van der Waals surface area contributed by atoms with E-state index in [1.54, 1.807) is 24.4 Å². The monoisotopic (exact) mass is 651 g/mol. The number of rotatable bonds is 14. The molecule has 1 aliphatic carbocycles. The number of amides is 1. The Morgan fingerprint density at radius 1 is 1.18 bits per heavy atom. The van der Waals surface area contributed by atoms with E-state index in [4.69, 9.17) is 16.3 Å². The molecule has 2 aliphatic rings. The minimum Gasteiger partial charge on any atom is -0.477 e. The highest BCUT2D eigenvalue weighted by molar-refractivity contribution is 7.97. The van der Waals surface area contributed by atoms with Crippen LogP contribution >= 0.6 is 23.5 Å². The van der Waals surface area contributed by atoms with E-state index in [1.807, 2.05) is 18.2 Å². The lowest BCUT2D eigenvalue weighted by Gasteiger charge is -2.18. The predicted octanol–water partition coefficient (Wildman–Crippen LogP) is 6.83. The normalized spacial score (nSPS) is 18.6. The summed E-state index contributed by atoms with van der Waals surface area (Å²) >= 11 is 7.42. The molecule has 3 aromatic heterocycles. The van der Waals surface area contributed by atoms with Gasteiger partial charge < -0.3 is 15.4 Å². The van der Waals surface area contributed by atoms with Crippen molar-refractivity contribution >= 4 is 35.3 Å². The second-order valence-electron chi connectivity index (χ2n) is 12.1. The molecular weight excluding hydrogens is 615 g/mol. The van der Waals surface area contributed by atoms with E-state index in [-0.39, 0.29) is 54.4 Å². The molecule has 1 saturated heterocycles. The van der Waals surface area contributed by atoms with E-state index in [2.05, 4.69) is 44.3 Å². The number of carbonyl (C=O) groups is 1. The second kappa shape index (κ2) is 13.5. The molecule has 0 aromatic carbocycles. The minimum atomic E-state index is -4.16. The first-order chi connectivity index (χ1) is 20.9. The Balaban J connectivity index is 1.06. The van der Waals surface area contributed by atoms with Crippen molar-refractivity contribution in [2.45, 2.75) is 75.5 Å². The Hall–Kier alpha value is -3.03. The van der Waals surface area contributed by atoms with Gasteiger partial charge in [-0.1, -0.05) is 17.7 Å². The van der Waals surface area contributed by atoms with Crippen molar-refractivity contribution < 1.29 is 22.7 Å². The summed E-state index contributed by atoms with van der Waals surface area (Å²) < 4.78 is 48.9. The van der Waals surface area contributed by atoms with Gasteiger partial charge in [-0.2, -0.15) is 13.2 Å². The average Bonchev–Trinajstić information content (AvgIpc) is 3.50. The van der Waals surface area contributed by atoms with Crippen LogP contribution in [0.1, 0.15) is 69.2 Å². The van der Waals surface area contributed by atoms with Crippen LogP contribution in [-0.4, -0.2) is 57.1 Å². The highest BCUT2D eigenvalue weighted by Gasteiger charge is 2.62. The maximum absolute atomic E-state index is 13.1. The molecule has 4 heterocycles. The zero-order chi connectivity index (χ0) is 31.4. The first-order valence-electron chi connectivity index (χ1n) is 14.8. The molecule has 0 bridgehead atoms. The van der Waals surface area contributed by atoms with Gasteiger partial charge in [0.15, 0.2) is 5.82 Å². The molecule has 44 heavy (non-hydrogen) atoms. The Morgan fingerprint density at radius 2 is 2.00 bits per heavy atom. The first-order valence-corrected chi connectivity index (χ1v) is 16.0. The molecule has 14 heteroatoms. The minimum absolute atomic E-state index is 0.00956. The molecule has 1 saturated carbocycles. The number of pyridine rings is 2. The van der Waals surface area contributed by atoms with Gasteiger partial charge in [-0.3, -0.25) is 9.52 Å². The quantitative estimate of drug-likeness (QED) is 0.0989. The number of nitrogens with one attached hydrogen (secondary N) is 3. The van der Waals surface area contributed by atoms with E-state index in [0.717, 1.165) is 43.7 Å². The van der Waals surface area contributed by atoms with Crippen LogP contribution in [0.25, 0.3) is 5.82 Å². The number of hydrogen-bond acceptors (Lipinski definition) is 8. The predicted molar refractivity (Wildman–Crippen MR) is 164 cm³/mol. The van der Waals surface area contributed by atoms with Crippen molar-refractivity contribution in [1.82, 2.24) is 29.8 Å². The van der Waals surface area contributed by atoms with Gasteiger partial charge in [0.2, 0.25) is 5.88 Å². The van der Waals surface area contributed by atoms with Gasteiger partial charge in [-0.05, 0) is 95.5 Å². The van der Waals surface area contributed by atoms with Crippen LogP contribution < -0.4 is 20.1 Å². The molecular formula is C30H37ClF3N7O2S. The van der Waals surface area contributed by atoms with Gasteiger partial charge >= 0.3 is 6.18 Å². The number of halogens is 4. The number of carbonyl (C=O) groups excluding carboxylic acids is 1. The first kappa shape index (κ1) is 32.4. The van der Waals surface area contributed by atoms with E-state index in [1.165, 1.54) is 11.1 Å². The molecule has 0 radical (unpaired) electrons. The van der Waals surface area contributed by atoms with Gasteiger partial charge in [0.25, 0.3) is 5.91 Å². The molecule has 9 nitrogen and oxygen atoms in total. The number of ether oxygens (including phenoxy) is 1. The molecule has 3 N–H and O–H groups in total. The summed E-state index contributed by atoms with van der Waals surface area (Å²) in [5.41, 5.74) is -1.12. The third kappa shape index (κ3) is 8.36. The average molecular weight is 652 g/mol. The second-order valence-corrected chi connectivity index (χ2v) is 13.3. The summed E-state index contributed by atoms with van der Waals surface area (Å²) in [7, 11) is 0. The Kier molecular flexibility index (Phi) is 9.96. The van der Waals surface area contributed by atoms with Crippen LogP contribution in [0.2, 0.25) is 5.15 Å². The largest absolute Gasteiger partial charge is 0.477 e. The summed E-state index contributed by atoms with van der Waals surface area (Å²) in [6.45, 7) is 6.51. The third-order valence-electron chi connectivity index (χ3n) is 8.12. The fraction of sp³-hybridized carbons (Fsp3) is 0.533. The number of anilines is 1. The molecule has 1 amide bonds. The van der Waals surface area contributed by atoms with Crippen LogP contribution in [0.4, 0.5) is 19.0 Å². The highest BCUT2D eigenvalue weighted by atomic mass is 35.5. The van der Waals surface area contributed by atoms with Crippen LogP contribution in [0.15, 0.2) is 47.6 Å². The van der Waals surface area contributed by atoms with Crippen LogP contribution in [-0.2, 0) is 0 Å². The fourth-order valence-corrected chi connectivity index (χ4v) is 6.30. The summed E-state index contributed by atoms with van der Waals surface area (Å²) in [6.07, 6.45) is 1.54. The van der Waals surface area contributed by atoms with E-state index < -0.39 is 17.5 Å². The molecule has 1 aliphatic heterocycles. The fourth-order valence-electron chi connectivity index (χ4n) is 5.47. The van der Waals surface area contributed by atoms with Crippen molar-refractivity contribution in [2.24, 2.45) is 11.3 Å².